The molecule has 0 spiro atoms. The first-order valence-corrected chi connectivity index (χ1v) is 8.68. The van der Waals surface area contributed by atoms with Gasteiger partial charge >= 0.3 is 0 Å². The first-order chi connectivity index (χ1) is 9.08. The Morgan fingerprint density at radius 2 is 1.85 bits per heavy atom. The van der Waals surface area contributed by atoms with E-state index in [0.29, 0.717) is 6.42 Å². The lowest BCUT2D eigenvalue weighted by molar-refractivity contribution is -0.149. The van der Waals surface area contributed by atoms with Crippen LogP contribution in [0.1, 0.15) is 34.1 Å². The van der Waals surface area contributed by atoms with E-state index < -0.39 is 21.3 Å². The Hall–Kier alpha value is -1.11. The summed E-state index contributed by atoms with van der Waals surface area (Å²) in [4.78, 5) is 25.4. The van der Waals surface area contributed by atoms with Crippen LogP contribution in [0.15, 0.2) is 0 Å². The first kappa shape index (κ1) is 16.9. The second-order valence-electron chi connectivity index (χ2n) is 6.23. The average Bonchev–Trinajstić information content (AvgIpc) is 2.28. The van der Waals surface area contributed by atoms with E-state index in [1.165, 1.54) is 4.90 Å². The molecule has 1 unspecified atom stereocenters. The number of rotatable bonds is 5. The van der Waals surface area contributed by atoms with Crippen molar-refractivity contribution in [3.63, 3.8) is 0 Å². The third-order valence-corrected chi connectivity index (χ3v) is 5.11. The van der Waals surface area contributed by atoms with E-state index in [2.05, 4.69) is 5.32 Å². The molecule has 1 aliphatic heterocycles. The molecule has 6 nitrogen and oxygen atoms in total. The molecule has 0 aromatic rings. The van der Waals surface area contributed by atoms with E-state index in [-0.39, 0.29) is 36.4 Å². The lowest BCUT2D eigenvalue weighted by Crippen LogP contribution is -2.63. The lowest BCUT2D eigenvalue weighted by atomic mass is 9.84. The molecular formula is C13H24N2O4S. The maximum atomic E-state index is 12.0. The molecule has 0 saturated carbocycles. The van der Waals surface area contributed by atoms with Crippen molar-refractivity contribution in [2.75, 3.05) is 24.6 Å². The van der Waals surface area contributed by atoms with Gasteiger partial charge in [0.15, 0.2) is 9.84 Å². The van der Waals surface area contributed by atoms with Gasteiger partial charge in [-0.25, -0.2) is 8.42 Å². The number of nitrogens with zero attached hydrogens (tertiary/aromatic N) is 1. The van der Waals surface area contributed by atoms with E-state index in [1.807, 2.05) is 20.8 Å². The van der Waals surface area contributed by atoms with Gasteiger partial charge in [0.25, 0.3) is 0 Å². The van der Waals surface area contributed by atoms with Crippen molar-refractivity contribution in [3.8, 4) is 0 Å². The monoisotopic (exact) mass is 304 g/mol. The van der Waals surface area contributed by atoms with Gasteiger partial charge in [0.1, 0.15) is 6.04 Å². The van der Waals surface area contributed by atoms with Gasteiger partial charge in [-0.15, -0.1) is 0 Å². The van der Waals surface area contributed by atoms with E-state index >= 15 is 0 Å². The quantitative estimate of drug-likeness (QED) is 0.785. The second kappa shape index (κ2) is 6.11. The van der Waals surface area contributed by atoms with Crippen LogP contribution in [-0.4, -0.2) is 55.8 Å². The van der Waals surface area contributed by atoms with Crippen molar-refractivity contribution in [3.05, 3.63) is 0 Å². The Labute approximate surface area is 120 Å². The Morgan fingerprint density at radius 1 is 1.25 bits per heavy atom. The van der Waals surface area contributed by atoms with Crippen molar-refractivity contribution in [2.24, 2.45) is 5.41 Å². The minimum atomic E-state index is -3.17. The predicted octanol–water partition coefficient (Wildman–Crippen LogP) is 0.184. The second-order valence-corrected chi connectivity index (χ2v) is 8.53. The molecule has 7 heteroatoms. The summed E-state index contributed by atoms with van der Waals surface area (Å²) in [6.07, 6.45) is 0.555. The highest BCUT2D eigenvalue weighted by atomic mass is 32.2. The maximum Gasteiger partial charge on any atom is 0.243 e. The number of hydrogen-bond donors (Lipinski definition) is 1. The van der Waals surface area contributed by atoms with Crippen LogP contribution >= 0.6 is 0 Å². The SMILES string of the molecule is CCCS(=O)(=O)CCN1C(=O)CNC(=O)C1C(C)(C)C. The van der Waals surface area contributed by atoms with Gasteiger partial charge in [-0.1, -0.05) is 27.7 Å². The van der Waals surface area contributed by atoms with Gasteiger partial charge in [0.05, 0.1) is 12.3 Å². The molecule has 1 aliphatic rings. The summed E-state index contributed by atoms with van der Waals surface area (Å²) in [5.41, 5.74) is -0.436. The standard InChI is InChI=1S/C13H24N2O4S/c1-5-7-20(18,19)8-6-15-10(16)9-14-12(17)11(15)13(2,3)4/h11H,5-9H2,1-4H3,(H,14,17). The van der Waals surface area contributed by atoms with Crippen LogP contribution in [0.4, 0.5) is 0 Å². The lowest BCUT2D eigenvalue weighted by Gasteiger charge is -2.42. The number of amides is 2. The van der Waals surface area contributed by atoms with Crippen molar-refractivity contribution >= 4 is 21.7 Å². The minimum absolute atomic E-state index is 0.0563. The molecule has 0 aliphatic carbocycles. The summed E-state index contributed by atoms with van der Waals surface area (Å²) in [5.74, 6) is -0.422. The first-order valence-electron chi connectivity index (χ1n) is 6.86. The molecule has 0 aromatic heterocycles. The Morgan fingerprint density at radius 3 is 2.35 bits per heavy atom. The van der Waals surface area contributed by atoms with E-state index in [0.717, 1.165) is 0 Å². The fourth-order valence-corrected chi connectivity index (χ4v) is 3.71. The van der Waals surface area contributed by atoms with Gasteiger partial charge in [0.2, 0.25) is 11.8 Å². The highest BCUT2D eigenvalue weighted by molar-refractivity contribution is 7.91. The van der Waals surface area contributed by atoms with Crippen LogP contribution in [0, 0.1) is 5.41 Å². The summed E-state index contributed by atoms with van der Waals surface area (Å²) in [6.45, 7) is 7.42. The Balaban J connectivity index is 2.87. The van der Waals surface area contributed by atoms with Crippen molar-refractivity contribution < 1.29 is 18.0 Å². The molecule has 116 valence electrons. The van der Waals surface area contributed by atoms with Gasteiger partial charge in [-0.3, -0.25) is 9.59 Å². The van der Waals surface area contributed by atoms with Crippen LogP contribution in [0.3, 0.4) is 0 Å². The highest BCUT2D eigenvalue weighted by Crippen LogP contribution is 2.26. The molecule has 1 atom stereocenters. The van der Waals surface area contributed by atoms with E-state index in [1.54, 1.807) is 6.92 Å². The number of nitrogens with one attached hydrogen (secondary N) is 1. The fraction of sp³-hybridized carbons (Fsp3) is 0.846. The van der Waals surface area contributed by atoms with Crippen LogP contribution < -0.4 is 5.32 Å². The molecule has 0 aromatic carbocycles. The molecule has 0 bridgehead atoms. The number of piperazine rings is 1. The molecule has 1 fully saturated rings. The maximum absolute atomic E-state index is 12.0. The number of sulfone groups is 1. The minimum Gasteiger partial charge on any atom is -0.345 e. The third kappa shape index (κ3) is 4.19. The van der Waals surface area contributed by atoms with Gasteiger partial charge in [-0.2, -0.15) is 0 Å². The summed E-state index contributed by atoms with van der Waals surface area (Å²) in [5, 5.41) is 2.56. The number of carbonyl (C=O) groups excluding carboxylic acids is 2. The molecule has 0 radical (unpaired) electrons. The van der Waals surface area contributed by atoms with Crippen LogP contribution in [0.2, 0.25) is 0 Å². The van der Waals surface area contributed by atoms with Gasteiger partial charge in [0, 0.05) is 12.3 Å². The summed E-state index contributed by atoms with van der Waals surface area (Å²) in [6, 6.07) is -0.624. The zero-order valence-corrected chi connectivity index (χ0v) is 13.4. The van der Waals surface area contributed by atoms with Crippen LogP contribution in [0.25, 0.3) is 0 Å². The van der Waals surface area contributed by atoms with Gasteiger partial charge in [-0.05, 0) is 11.8 Å². The number of hydrogen-bond acceptors (Lipinski definition) is 4. The van der Waals surface area contributed by atoms with E-state index in [4.69, 9.17) is 0 Å². The Kier molecular flexibility index (Phi) is 5.18. The predicted molar refractivity (Wildman–Crippen MR) is 76.9 cm³/mol. The van der Waals surface area contributed by atoms with E-state index in [9.17, 15) is 18.0 Å². The smallest absolute Gasteiger partial charge is 0.243 e. The molecule has 1 heterocycles. The molecule has 1 N–H and O–H groups in total. The summed E-state index contributed by atoms with van der Waals surface area (Å²) >= 11 is 0. The Bertz CT molecular complexity index is 479. The summed E-state index contributed by atoms with van der Waals surface area (Å²) in [7, 11) is -3.17. The highest BCUT2D eigenvalue weighted by Gasteiger charge is 2.42. The summed E-state index contributed by atoms with van der Waals surface area (Å²) < 4.78 is 23.6. The van der Waals surface area contributed by atoms with Crippen LogP contribution in [-0.2, 0) is 19.4 Å². The molecule has 20 heavy (non-hydrogen) atoms. The average molecular weight is 304 g/mol. The van der Waals surface area contributed by atoms with Crippen molar-refractivity contribution in [2.45, 2.75) is 40.2 Å². The third-order valence-electron chi connectivity index (χ3n) is 3.27. The normalized spacial score (nSPS) is 21.0. The number of carbonyl (C=O) groups is 2. The largest absolute Gasteiger partial charge is 0.345 e. The van der Waals surface area contributed by atoms with Gasteiger partial charge < -0.3 is 10.2 Å². The molecule has 1 rings (SSSR count). The zero-order chi connectivity index (χ0) is 15.6. The molecule has 2 amide bonds. The molecule has 1 saturated heterocycles. The topological polar surface area (TPSA) is 83.6 Å². The zero-order valence-electron chi connectivity index (χ0n) is 12.6. The van der Waals surface area contributed by atoms with Crippen LogP contribution in [0.5, 0.6) is 0 Å². The van der Waals surface area contributed by atoms with Crippen molar-refractivity contribution in [1.29, 1.82) is 0 Å². The molecular weight excluding hydrogens is 280 g/mol. The fourth-order valence-electron chi connectivity index (χ4n) is 2.41. The van der Waals surface area contributed by atoms with Crippen molar-refractivity contribution in [1.82, 2.24) is 10.2 Å².